The predicted octanol–water partition coefficient (Wildman–Crippen LogP) is 5.02. The van der Waals surface area contributed by atoms with Crippen LogP contribution in [0.4, 0.5) is 8.78 Å². The van der Waals surface area contributed by atoms with Crippen LogP contribution >= 0.6 is 31.9 Å². The molecular weight excluding hydrogens is 612 g/mol. The molecule has 0 amide bonds. The molecule has 8 nitrogen and oxygen atoms in total. The monoisotopic (exact) mass is 631 g/mol. The van der Waals surface area contributed by atoms with Crippen LogP contribution in [0.2, 0.25) is 0 Å². The highest BCUT2D eigenvalue weighted by atomic mass is 79.9. The summed E-state index contributed by atoms with van der Waals surface area (Å²) >= 11 is 6.54. The van der Waals surface area contributed by atoms with Crippen molar-refractivity contribution in [3.05, 3.63) is 84.7 Å². The topological polar surface area (TPSA) is 74.6 Å². The van der Waals surface area contributed by atoms with Crippen molar-refractivity contribution in [2.45, 2.75) is 26.3 Å². The van der Waals surface area contributed by atoms with Crippen molar-refractivity contribution in [2.24, 2.45) is 7.05 Å². The van der Waals surface area contributed by atoms with E-state index < -0.39 is 17.3 Å². The van der Waals surface area contributed by atoms with Crippen LogP contribution in [0.25, 0.3) is 28.1 Å². The van der Waals surface area contributed by atoms with Gasteiger partial charge in [0, 0.05) is 43.5 Å². The van der Waals surface area contributed by atoms with E-state index in [0.717, 1.165) is 17.8 Å². The number of imidazole rings is 1. The maximum atomic E-state index is 15.5. The quantitative estimate of drug-likeness (QED) is 0.284. The predicted molar refractivity (Wildman–Crippen MR) is 143 cm³/mol. The first-order chi connectivity index (χ1) is 17.7. The van der Waals surface area contributed by atoms with E-state index in [1.54, 1.807) is 53.8 Å². The highest BCUT2D eigenvalue weighted by molar-refractivity contribution is 9.11. The zero-order valence-electron chi connectivity index (χ0n) is 20.1. The van der Waals surface area contributed by atoms with Gasteiger partial charge in [-0.25, -0.2) is 22.8 Å². The molecule has 1 N–H and O–H groups in total. The van der Waals surface area contributed by atoms with Gasteiger partial charge in [0.2, 0.25) is 0 Å². The van der Waals surface area contributed by atoms with Gasteiger partial charge in [0.15, 0.2) is 11.6 Å². The fraction of sp³-hybridized carbons (Fsp3) is 0.240. The first-order valence-corrected chi connectivity index (χ1v) is 13.2. The molecule has 5 aromatic rings. The molecule has 0 aliphatic carbocycles. The average Bonchev–Trinajstić information content (AvgIpc) is 3.51. The fourth-order valence-corrected chi connectivity index (χ4v) is 6.18. The summed E-state index contributed by atoms with van der Waals surface area (Å²) in [5.41, 5.74) is 3.20. The summed E-state index contributed by atoms with van der Waals surface area (Å²) in [6.07, 6.45) is 3.74. The normalized spacial score (nSPS) is 15.5. The molecule has 0 unspecified atom stereocenters. The number of nitrogens with zero attached hydrogens (tertiary/aromatic N) is 6. The summed E-state index contributed by atoms with van der Waals surface area (Å²) in [4.78, 5) is 13.9. The Kier molecular flexibility index (Phi) is 5.73. The molecule has 1 aliphatic heterocycles. The van der Waals surface area contributed by atoms with E-state index >= 15 is 4.39 Å². The third-order valence-electron chi connectivity index (χ3n) is 6.81. The number of aromatic nitrogens is 6. The summed E-state index contributed by atoms with van der Waals surface area (Å²) in [6.45, 7) is 4.55. The minimum atomic E-state index is -0.526. The van der Waals surface area contributed by atoms with Crippen LogP contribution in [0.5, 0.6) is 0 Å². The van der Waals surface area contributed by atoms with Crippen LogP contribution < -0.4 is 11.0 Å². The summed E-state index contributed by atoms with van der Waals surface area (Å²) < 4.78 is 36.5. The number of hydrogen-bond donors (Lipinski definition) is 1. The Morgan fingerprint density at radius 2 is 1.86 bits per heavy atom. The highest BCUT2D eigenvalue weighted by Gasteiger charge is 2.30. The van der Waals surface area contributed by atoms with E-state index in [1.165, 1.54) is 15.3 Å². The standard InChI is InChI=1S/C25H21Br2F2N7O/c1-12-11-34(20-5-4-19-15(22(20)28)10-31-33(19)3)25(37)35(12)24-21-13(2)30-7-6-18(21)32-36(24)14-8-16(26)23(29)17(27)9-14/h4-5,8-11,13,30H,6-7H2,1-3H3/t13-/m0/s1. The maximum absolute atomic E-state index is 15.5. The van der Waals surface area contributed by atoms with Crippen molar-refractivity contribution < 1.29 is 8.78 Å². The Balaban J connectivity index is 1.63. The van der Waals surface area contributed by atoms with Gasteiger partial charge in [-0.05, 0) is 70.0 Å². The van der Waals surface area contributed by atoms with Crippen LogP contribution in [-0.4, -0.2) is 35.2 Å². The van der Waals surface area contributed by atoms with Crippen molar-refractivity contribution in [1.29, 1.82) is 0 Å². The van der Waals surface area contributed by atoms with Crippen LogP contribution in [0.3, 0.4) is 0 Å². The van der Waals surface area contributed by atoms with Crippen molar-refractivity contribution in [3.63, 3.8) is 0 Å². The maximum Gasteiger partial charge on any atom is 0.338 e. The van der Waals surface area contributed by atoms with E-state index in [9.17, 15) is 9.18 Å². The molecule has 1 atom stereocenters. The smallest absolute Gasteiger partial charge is 0.310 e. The van der Waals surface area contributed by atoms with Gasteiger partial charge in [0.25, 0.3) is 0 Å². The molecule has 0 saturated carbocycles. The minimum absolute atomic E-state index is 0.0852. The first-order valence-electron chi connectivity index (χ1n) is 11.6. The van der Waals surface area contributed by atoms with Crippen LogP contribution in [-0.2, 0) is 13.5 Å². The molecule has 0 radical (unpaired) electrons. The van der Waals surface area contributed by atoms with Gasteiger partial charge in [-0.15, -0.1) is 0 Å². The summed E-state index contributed by atoms with van der Waals surface area (Å²) in [7, 11) is 1.74. The van der Waals surface area contributed by atoms with Crippen molar-refractivity contribution in [1.82, 2.24) is 34.0 Å². The van der Waals surface area contributed by atoms with E-state index in [4.69, 9.17) is 5.10 Å². The van der Waals surface area contributed by atoms with E-state index in [-0.39, 0.29) is 20.7 Å². The van der Waals surface area contributed by atoms with Crippen molar-refractivity contribution >= 4 is 42.8 Å². The summed E-state index contributed by atoms with van der Waals surface area (Å²) in [5.74, 6) is -0.427. The summed E-state index contributed by atoms with van der Waals surface area (Å²) in [5, 5.41) is 12.7. The number of halogens is 4. The number of benzene rings is 2. The van der Waals surface area contributed by atoms with Gasteiger partial charge in [-0.2, -0.15) is 10.2 Å². The second-order valence-electron chi connectivity index (χ2n) is 9.10. The fourth-order valence-electron chi connectivity index (χ4n) is 5.02. The SMILES string of the molecule is Cc1cn(-c2ccc3c(cnn3C)c2F)c(=O)n1-c1c2c(nn1-c1cc(Br)c(F)c(Br)c1)CCN[C@H]2C. The number of fused-ring (bicyclic) bond motifs is 2. The molecule has 2 aromatic carbocycles. The molecule has 190 valence electrons. The van der Waals surface area contributed by atoms with Crippen LogP contribution in [0, 0.1) is 18.6 Å². The van der Waals surface area contributed by atoms with E-state index in [0.29, 0.717) is 34.5 Å². The third-order valence-corrected chi connectivity index (χ3v) is 7.97. The second kappa shape index (κ2) is 8.74. The number of nitrogens with one attached hydrogen (secondary N) is 1. The van der Waals surface area contributed by atoms with Crippen molar-refractivity contribution in [2.75, 3.05) is 6.54 Å². The molecule has 3 aromatic heterocycles. The molecule has 0 bridgehead atoms. The Hall–Kier alpha value is -3.09. The van der Waals surface area contributed by atoms with Crippen LogP contribution in [0.15, 0.2) is 50.4 Å². The third kappa shape index (κ3) is 3.64. The lowest BCUT2D eigenvalue weighted by molar-refractivity contribution is 0.535. The molecule has 37 heavy (non-hydrogen) atoms. The zero-order valence-corrected chi connectivity index (χ0v) is 23.2. The Morgan fingerprint density at radius 1 is 1.14 bits per heavy atom. The van der Waals surface area contributed by atoms with Crippen molar-refractivity contribution in [3.8, 4) is 17.2 Å². The second-order valence-corrected chi connectivity index (χ2v) is 10.8. The van der Waals surface area contributed by atoms with Gasteiger partial charge < -0.3 is 5.32 Å². The number of hydrogen-bond acceptors (Lipinski definition) is 4. The number of rotatable bonds is 3. The first kappa shape index (κ1) is 24.3. The van der Waals surface area contributed by atoms with E-state index in [2.05, 4.69) is 42.3 Å². The lowest BCUT2D eigenvalue weighted by atomic mass is 10.0. The molecular formula is C25H21Br2F2N7O. The van der Waals surface area contributed by atoms with Gasteiger partial charge in [0.1, 0.15) is 5.82 Å². The average molecular weight is 633 g/mol. The summed E-state index contributed by atoms with van der Waals surface area (Å²) in [6, 6.07) is 6.47. The Bertz CT molecular complexity index is 1760. The Morgan fingerprint density at radius 3 is 2.59 bits per heavy atom. The van der Waals surface area contributed by atoms with Gasteiger partial charge >= 0.3 is 5.69 Å². The lowest BCUT2D eigenvalue weighted by Crippen LogP contribution is -2.30. The van der Waals surface area contributed by atoms with Gasteiger partial charge in [0.05, 0.1) is 43.1 Å². The molecule has 0 spiro atoms. The van der Waals surface area contributed by atoms with Gasteiger partial charge in [-0.3, -0.25) is 9.25 Å². The zero-order chi connectivity index (χ0) is 26.2. The molecule has 1 aliphatic rings. The molecule has 4 heterocycles. The molecule has 0 fully saturated rings. The highest BCUT2D eigenvalue weighted by Crippen LogP contribution is 2.34. The molecule has 6 rings (SSSR count). The lowest BCUT2D eigenvalue weighted by Gasteiger charge is -2.21. The largest absolute Gasteiger partial charge is 0.338 e. The Labute approximate surface area is 226 Å². The van der Waals surface area contributed by atoms with Gasteiger partial charge in [-0.1, -0.05) is 0 Å². The van der Waals surface area contributed by atoms with E-state index in [1.807, 2.05) is 6.92 Å². The number of aryl methyl sites for hydroxylation is 2. The minimum Gasteiger partial charge on any atom is -0.310 e. The van der Waals surface area contributed by atoms with Crippen LogP contribution in [0.1, 0.15) is 29.9 Å². The molecule has 0 saturated heterocycles. The molecule has 12 heteroatoms.